The number of hydrogen-bond acceptors (Lipinski definition) is 5. The number of carbonyl (C=O) groups is 1. The Bertz CT molecular complexity index is 407. The first-order valence-electron chi connectivity index (χ1n) is 4.46. The number of rotatable bonds is 3. The van der Waals surface area contributed by atoms with E-state index in [4.69, 9.17) is 0 Å². The molecule has 0 heterocycles. The largest absolute Gasteiger partial charge is 0.448 e. The molecule has 0 saturated heterocycles. The van der Waals surface area contributed by atoms with Gasteiger partial charge in [0.25, 0.3) is 5.69 Å². The zero-order chi connectivity index (χ0) is 12.1. The predicted octanol–water partition coefficient (Wildman–Crippen LogP) is 1.95. The van der Waals surface area contributed by atoms with Crippen LogP contribution in [0.1, 0.15) is 6.92 Å². The number of amides is 1. The van der Waals surface area contributed by atoms with Crippen LogP contribution in [-0.4, -0.2) is 22.8 Å². The van der Waals surface area contributed by atoms with Gasteiger partial charge in [0.1, 0.15) is 0 Å². The van der Waals surface area contributed by atoms with E-state index in [1.165, 1.54) is 18.2 Å². The SMILES string of the molecule is CCOC(=O)N(O)c1cccc([N+](=O)[O-])c1. The van der Waals surface area contributed by atoms with E-state index in [1.807, 2.05) is 0 Å². The third kappa shape index (κ3) is 2.67. The summed E-state index contributed by atoms with van der Waals surface area (Å²) in [6.07, 6.45) is -0.983. The summed E-state index contributed by atoms with van der Waals surface area (Å²) in [6, 6.07) is 5.03. The minimum absolute atomic E-state index is 0.0207. The van der Waals surface area contributed by atoms with Crippen molar-refractivity contribution in [1.29, 1.82) is 0 Å². The van der Waals surface area contributed by atoms with Crippen LogP contribution in [0.5, 0.6) is 0 Å². The molecule has 7 heteroatoms. The van der Waals surface area contributed by atoms with Crippen LogP contribution in [0.25, 0.3) is 0 Å². The number of non-ortho nitro benzene ring substituents is 1. The number of benzene rings is 1. The van der Waals surface area contributed by atoms with Gasteiger partial charge in [0, 0.05) is 12.1 Å². The fraction of sp³-hybridized carbons (Fsp3) is 0.222. The summed E-state index contributed by atoms with van der Waals surface area (Å²) in [5.41, 5.74) is -0.242. The topological polar surface area (TPSA) is 92.9 Å². The number of nitro groups is 1. The van der Waals surface area contributed by atoms with E-state index in [-0.39, 0.29) is 23.0 Å². The van der Waals surface area contributed by atoms with Gasteiger partial charge in [-0.15, -0.1) is 0 Å². The Morgan fingerprint density at radius 2 is 2.31 bits per heavy atom. The normalized spacial score (nSPS) is 9.62. The number of nitro benzene ring substituents is 1. The van der Waals surface area contributed by atoms with Crippen LogP contribution in [0.3, 0.4) is 0 Å². The van der Waals surface area contributed by atoms with Crippen molar-refractivity contribution in [3.05, 3.63) is 34.4 Å². The smallest absolute Gasteiger partial charge is 0.438 e. The van der Waals surface area contributed by atoms with Crippen LogP contribution >= 0.6 is 0 Å². The molecule has 0 radical (unpaired) electrons. The van der Waals surface area contributed by atoms with Crippen molar-refractivity contribution in [3.63, 3.8) is 0 Å². The maximum Gasteiger partial charge on any atom is 0.438 e. The third-order valence-corrected chi connectivity index (χ3v) is 1.73. The Labute approximate surface area is 91.0 Å². The minimum Gasteiger partial charge on any atom is -0.448 e. The summed E-state index contributed by atoms with van der Waals surface area (Å²) < 4.78 is 4.53. The third-order valence-electron chi connectivity index (χ3n) is 1.73. The zero-order valence-electron chi connectivity index (χ0n) is 8.49. The highest BCUT2D eigenvalue weighted by Crippen LogP contribution is 2.20. The highest BCUT2D eigenvalue weighted by molar-refractivity contribution is 5.85. The van der Waals surface area contributed by atoms with Crippen molar-refractivity contribution in [2.75, 3.05) is 11.7 Å². The quantitative estimate of drug-likeness (QED) is 0.483. The number of hydroxylamine groups is 1. The van der Waals surface area contributed by atoms with Crippen LogP contribution in [0.4, 0.5) is 16.2 Å². The number of anilines is 1. The average molecular weight is 226 g/mol. The highest BCUT2D eigenvalue weighted by atomic mass is 16.6. The molecule has 0 atom stereocenters. The van der Waals surface area contributed by atoms with Crippen LogP contribution in [0, 0.1) is 10.1 Å². The summed E-state index contributed by atoms with van der Waals surface area (Å²) in [7, 11) is 0. The summed E-state index contributed by atoms with van der Waals surface area (Å²) in [5, 5.41) is 20.0. The molecule has 1 rings (SSSR count). The molecule has 0 unspecified atom stereocenters. The first kappa shape index (κ1) is 11.9. The molecule has 1 aromatic carbocycles. The lowest BCUT2D eigenvalue weighted by atomic mass is 10.3. The van der Waals surface area contributed by atoms with E-state index in [1.54, 1.807) is 6.92 Å². The molecular formula is C9H10N2O5. The van der Waals surface area contributed by atoms with Gasteiger partial charge in [-0.3, -0.25) is 15.3 Å². The van der Waals surface area contributed by atoms with E-state index in [0.717, 1.165) is 6.07 Å². The molecular weight excluding hydrogens is 216 g/mol. The van der Waals surface area contributed by atoms with Crippen LogP contribution in [0.2, 0.25) is 0 Å². The van der Waals surface area contributed by atoms with Crippen molar-refractivity contribution < 1.29 is 19.7 Å². The van der Waals surface area contributed by atoms with Gasteiger partial charge in [0.05, 0.1) is 17.2 Å². The first-order chi connectivity index (χ1) is 7.56. The lowest BCUT2D eigenvalue weighted by Gasteiger charge is -2.13. The van der Waals surface area contributed by atoms with Crippen molar-refractivity contribution in [2.45, 2.75) is 6.92 Å². The molecule has 0 aliphatic rings. The van der Waals surface area contributed by atoms with Gasteiger partial charge in [0.15, 0.2) is 0 Å². The molecule has 0 aromatic heterocycles. The monoisotopic (exact) mass is 226 g/mol. The van der Waals surface area contributed by atoms with Gasteiger partial charge in [-0.1, -0.05) is 6.07 Å². The van der Waals surface area contributed by atoms with Gasteiger partial charge in [-0.05, 0) is 13.0 Å². The maximum absolute atomic E-state index is 11.1. The van der Waals surface area contributed by atoms with Crippen molar-refractivity contribution in [1.82, 2.24) is 0 Å². The zero-order valence-corrected chi connectivity index (χ0v) is 8.49. The van der Waals surface area contributed by atoms with Crippen molar-refractivity contribution >= 4 is 17.5 Å². The summed E-state index contributed by atoms with van der Waals surface area (Å²) in [6.45, 7) is 1.68. The van der Waals surface area contributed by atoms with E-state index in [9.17, 15) is 20.1 Å². The molecule has 0 aliphatic carbocycles. The van der Waals surface area contributed by atoms with E-state index >= 15 is 0 Å². The maximum atomic E-state index is 11.1. The molecule has 0 spiro atoms. The summed E-state index contributed by atoms with van der Waals surface area (Å²) in [4.78, 5) is 20.9. The van der Waals surface area contributed by atoms with E-state index in [2.05, 4.69) is 4.74 Å². The fourth-order valence-corrected chi connectivity index (χ4v) is 1.03. The van der Waals surface area contributed by atoms with Crippen LogP contribution < -0.4 is 5.06 Å². The van der Waals surface area contributed by atoms with Gasteiger partial charge in [-0.25, -0.2) is 4.79 Å². The lowest BCUT2D eigenvalue weighted by Crippen LogP contribution is -2.27. The molecule has 0 fully saturated rings. The van der Waals surface area contributed by atoms with Crippen molar-refractivity contribution in [2.24, 2.45) is 0 Å². The van der Waals surface area contributed by atoms with E-state index < -0.39 is 11.0 Å². The second-order valence-corrected chi connectivity index (χ2v) is 2.79. The average Bonchev–Trinajstić information content (AvgIpc) is 2.28. The Morgan fingerprint density at radius 3 is 2.88 bits per heavy atom. The number of nitrogens with zero attached hydrogens (tertiary/aromatic N) is 2. The molecule has 1 amide bonds. The predicted molar refractivity (Wildman–Crippen MR) is 54.4 cm³/mol. The number of hydrogen-bond donors (Lipinski definition) is 1. The first-order valence-corrected chi connectivity index (χ1v) is 4.46. The molecule has 1 N–H and O–H groups in total. The summed E-state index contributed by atoms with van der Waals surface area (Å²) in [5.74, 6) is 0. The van der Waals surface area contributed by atoms with Gasteiger partial charge in [0.2, 0.25) is 0 Å². The van der Waals surface area contributed by atoms with Gasteiger partial charge >= 0.3 is 6.09 Å². The summed E-state index contributed by atoms with van der Waals surface area (Å²) >= 11 is 0. The Hall–Kier alpha value is -2.15. The molecule has 0 bridgehead atoms. The Kier molecular flexibility index (Phi) is 3.78. The molecule has 86 valence electrons. The van der Waals surface area contributed by atoms with E-state index in [0.29, 0.717) is 0 Å². The fourth-order valence-electron chi connectivity index (χ4n) is 1.03. The standard InChI is InChI=1S/C9H10N2O5/c1-2-16-9(12)10(13)7-4-3-5-8(6-7)11(14)15/h3-6,13H,2H2,1H3. The van der Waals surface area contributed by atoms with Crippen LogP contribution in [0.15, 0.2) is 24.3 Å². The molecule has 7 nitrogen and oxygen atoms in total. The number of ether oxygens (including phenoxy) is 1. The molecule has 16 heavy (non-hydrogen) atoms. The second-order valence-electron chi connectivity index (χ2n) is 2.79. The van der Waals surface area contributed by atoms with Crippen LogP contribution in [-0.2, 0) is 4.74 Å². The Balaban J connectivity index is 2.91. The van der Waals surface area contributed by atoms with Crippen molar-refractivity contribution in [3.8, 4) is 0 Å². The number of carbonyl (C=O) groups excluding carboxylic acids is 1. The van der Waals surface area contributed by atoms with Gasteiger partial charge < -0.3 is 4.74 Å². The Morgan fingerprint density at radius 1 is 1.62 bits per heavy atom. The molecule has 1 aromatic rings. The molecule has 0 saturated carbocycles. The second kappa shape index (κ2) is 5.08. The lowest BCUT2D eigenvalue weighted by molar-refractivity contribution is -0.384. The minimum atomic E-state index is -0.983. The highest BCUT2D eigenvalue weighted by Gasteiger charge is 2.16. The van der Waals surface area contributed by atoms with Gasteiger partial charge in [-0.2, -0.15) is 5.06 Å². The molecule has 0 aliphatic heterocycles.